The second kappa shape index (κ2) is 11.8. The summed E-state index contributed by atoms with van der Waals surface area (Å²) < 4.78 is 52.7. The molecule has 2 bridgehead atoms. The number of carbonyl (C=O) groups is 3. The first-order valence-corrected chi connectivity index (χ1v) is 15.4. The van der Waals surface area contributed by atoms with E-state index in [0.29, 0.717) is 30.3 Å². The molecule has 1 aromatic carbocycles. The normalized spacial score (nSPS) is 30.3. The number of rotatable bonds is 2. The lowest BCUT2D eigenvalue weighted by atomic mass is 9.85. The van der Waals surface area contributed by atoms with Crippen LogP contribution in [0.1, 0.15) is 84.4 Å². The molecule has 240 valence electrons. The van der Waals surface area contributed by atoms with Gasteiger partial charge in [-0.25, -0.2) is 14.8 Å². The van der Waals surface area contributed by atoms with E-state index in [2.05, 4.69) is 15.3 Å². The Bertz CT molecular complexity index is 1430. The number of nitrogens with zero attached hydrogens (tertiary/aromatic N) is 3. The molecule has 2 aromatic rings. The minimum Gasteiger partial charge on any atom is -0.471 e. The molecular weight excluding hydrogens is 577 g/mol. The van der Waals surface area contributed by atoms with Crippen molar-refractivity contribution in [3.05, 3.63) is 29.5 Å². The van der Waals surface area contributed by atoms with Gasteiger partial charge in [0.2, 0.25) is 11.8 Å². The van der Waals surface area contributed by atoms with Gasteiger partial charge in [-0.2, -0.15) is 13.2 Å². The third-order valence-corrected chi connectivity index (χ3v) is 9.36. The van der Waals surface area contributed by atoms with Crippen LogP contribution in [0.5, 0.6) is 5.88 Å². The van der Waals surface area contributed by atoms with Crippen LogP contribution >= 0.6 is 0 Å². The first kappa shape index (κ1) is 32.0. The van der Waals surface area contributed by atoms with Crippen molar-refractivity contribution in [2.24, 2.45) is 17.3 Å². The van der Waals surface area contributed by atoms with Crippen LogP contribution in [0.15, 0.2) is 18.2 Å². The molecule has 1 aromatic heterocycles. The Hall–Kier alpha value is -3.44. The van der Waals surface area contributed by atoms with Gasteiger partial charge in [-0.3, -0.25) is 4.79 Å². The van der Waals surface area contributed by atoms with Gasteiger partial charge in [-0.15, -0.1) is 0 Å². The summed E-state index contributed by atoms with van der Waals surface area (Å²) in [6, 6.07) is 1.45. The van der Waals surface area contributed by atoms with E-state index in [9.17, 15) is 27.6 Å². The summed E-state index contributed by atoms with van der Waals surface area (Å²) >= 11 is 0. The molecule has 1 N–H and O–H groups in total. The van der Waals surface area contributed by atoms with Gasteiger partial charge < -0.3 is 24.5 Å². The molecule has 6 atom stereocenters. The summed E-state index contributed by atoms with van der Waals surface area (Å²) in [5, 5.41) is 2.78. The zero-order valence-electron chi connectivity index (χ0n) is 25.9. The largest absolute Gasteiger partial charge is 0.471 e. The topological polar surface area (TPSA) is 111 Å². The number of ether oxygens (including phenoxy) is 2. The van der Waals surface area contributed by atoms with Crippen LogP contribution in [0.3, 0.4) is 0 Å². The van der Waals surface area contributed by atoms with Crippen molar-refractivity contribution in [1.29, 1.82) is 0 Å². The van der Waals surface area contributed by atoms with E-state index in [-0.39, 0.29) is 23.9 Å². The zero-order chi connectivity index (χ0) is 32.0. The van der Waals surface area contributed by atoms with E-state index in [1.165, 1.54) is 11.0 Å². The second-order valence-electron chi connectivity index (χ2n) is 13.7. The molecule has 44 heavy (non-hydrogen) atoms. The van der Waals surface area contributed by atoms with Crippen LogP contribution in [0.4, 0.5) is 18.0 Å². The number of aryl methyl sites for hydroxylation is 1. The zero-order valence-corrected chi connectivity index (χ0v) is 25.9. The van der Waals surface area contributed by atoms with Crippen molar-refractivity contribution >= 4 is 29.3 Å². The van der Waals surface area contributed by atoms with E-state index >= 15 is 0 Å². The first-order chi connectivity index (χ1) is 20.6. The number of fused-ring (bicyclic) bond motifs is 5. The number of aldehydes is 1. The van der Waals surface area contributed by atoms with Crippen molar-refractivity contribution in [2.75, 3.05) is 6.54 Å². The Balaban J connectivity index is 1.54. The Morgan fingerprint density at radius 3 is 2.52 bits per heavy atom. The number of halogens is 3. The van der Waals surface area contributed by atoms with Crippen molar-refractivity contribution in [3.63, 3.8) is 0 Å². The lowest BCUT2D eigenvalue weighted by Gasteiger charge is -2.35. The molecule has 2 fully saturated rings. The van der Waals surface area contributed by atoms with Crippen LogP contribution < -0.4 is 10.1 Å². The molecule has 2 aliphatic heterocycles. The highest BCUT2D eigenvalue weighted by Crippen LogP contribution is 2.49. The van der Waals surface area contributed by atoms with Crippen molar-refractivity contribution in [1.82, 2.24) is 20.2 Å². The minimum atomic E-state index is -4.55. The Kier molecular flexibility index (Phi) is 8.58. The molecule has 0 unspecified atom stereocenters. The number of aromatic nitrogens is 2. The van der Waals surface area contributed by atoms with Gasteiger partial charge in [0.15, 0.2) is 0 Å². The molecule has 1 saturated heterocycles. The van der Waals surface area contributed by atoms with Crippen LogP contribution in [0, 0.1) is 17.3 Å². The monoisotopic (exact) mass is 618 g/mol. The van der Waals surface area contributed by atoms with Crippen LogP contribution in [-0.4, -0.2) is 63.5 Å². The molecule has 3 heterocycles. The molecule has 9 nitrogen and oxygen atoms in total. The lowest BCUT2D eigenvalue weighted by molar-refractivity contribution is -0.139. The van der Waals surface area contributed by atoms with E-state index in [1.807, 2.05) is 34.6 Å². The summed E-state index contributed by atoms with van der Waals surface area (Å²) in [6.07, 6.45) is -0.0609. The van der Waals surface area contributed by atoms with Crippen LogP contribution in [0.25, 0.3) is 11.0 Å². The van der Waals surface area contributed by atoms with Gasteiger partial charge in [-0.05, 0) is 62.6 Å². The number of hydrogen-bond donors (Lipinski definition) is 1. The molecule has 12 heteroatoms. The Labute approximate surface area is 255 Å². The fourth-order valence-corrected chi connectivity index (χ4v) is 6.59. The van der Waals surface area contributed by atoms with Gasteiger partial charge >= 0.3 is 12.3 Å². The quantitative estimate of drug-likeness (QED) is 0.420. The third kappa shape index (κ3) is 6.49. The highest BCUT2D eigenvalue weighted by atomic mass is 19.4. The van der Waals surface area contributed by atoms with Gasteiger partial charge in [0, 0.05) is 11.8 Å². The number of nitrogens with one attached hydrogen (secondary N) is 1. The fraction of sp³-hybridized carbons (Fsp3) is 0.656. The standard InChI is InChI=1S/C32H41F3N4O5/c1-6-20-24(17-40)39-16-25(20)43-27-22(36-21-13-12-18(32(33,34)35)14-23(21)37-27)11-9-7-8-10-19-15-31(19,5)44-29(42)38-26(28(39)41)30(2,3)4/h12-14,17,19-20,24-26H,6-11,15-16H2,1-5H3,(H,38,42)/t19-,20+,24-,25+,26-,31-/m1/s1. The van der Waals surface area contributed by atoms with Gasteiger partial charge in [-0.1, -0.05) is 40.5 Å². The Morgan fingerprint density at radius 2 is 1.86 bits per heavy atom. The van der Waals surface area contributed by atoms with Gasteiger partial charge in [0.05, 0.1) is 29.2 Å². The molecule has 0 spiro atoms. The molecule has 0 radical (unpaired) electrons. The smallest absolute Gasteiger partial charge is 0.416 e. The summed E-state index contributed by atoms with van der Waals surface area (Å²) in [7, 11) is 0. The number of alkyl carbamates (subject to hydrolysis) is 1. The van der Waals surface area contributed by atoms with Crippen molar-refractivity contribution < 1.29 is 37.0 Å². The predicted molar refractivity (Wildman–Crippen MR) is 156 cm³/mol. The van der Waals surface area contributed by atoms with E-state index in [0.717, 1.165) is 44.2 Å². The maximum Gasteiger partial charge on any atom is 0.416 e. The third-order valence-electron chi connectivity index (χ3n) is 9.36. The number of alkyl halides is 3. The predicted octanol–water partition coefficient (Wildman–Crippen LogP) is 5.87. The first-order valence-electron chi connectivity index (χ1n) is 15.4. The maximum absolute atomic E-state index is 14.0. The van der Waals surface area contributed by atoms with Crippen LogP contribution in [0.2, 0.25) is 0 Å². The maximum atomic E-state index is 14.0. The number of benzene rings is 1. The lowest BCUT2D eigenvalue weighted by Crippen LogP contribution is -2.56. The second-order valence-corrected chi connectivity index (χ2v) is 13.7. The van der Waals surface area contributed by atoms with E-state index < -0.39 is 58.9 Å². The molecule has 2 amide bonds. The number of amides is 2. The summed E-state index contributed by atoms with van der Waals surface area (Å²) in [4.78, 5) is 50.2. The highest BCUT2D eigenvalue weighted by molar-refractivity contribution is 5.89. The molecule has 1 saturated carbocycles. The van der Waals surface area contributed by atoms with Gasteiger partial charge in [0.25, 0.3) is 0 Å². The fourth-order valence-electron chi connectivity index (χ4n) is 6.59. The van der Waals surface area contributed by atoms with E-state index in [1.54, 1.807) is 0 Å². The van der Waals surface area contributed by atoms with Crippen molar-refractivity contribution in [3.8, 4) is 5.88 Å². The SMILES string of the molecule is CC[C@@H]1[C@@H]2CN(C(=O)[C@H](C(C)(C)C)NC(=O)O[C@]3(C)C[C@H]3CCCCCc3nc4ccc(C(F)(F)F)cc4nc3O2)[C@@H]1C=O. The summed E-state index contributed by atoms with van der Waals surface area (Å²) in [6.45, 7) is 9.30. The average molecular weight is 619 g/mol. The summed E-state index contributed by atoms with van der Waals surface area (Å²) in [5.74, 6) is -0.523. The minimum absolute atomic E-state index is 0.0333. The van der Waals surface area contributed by atoms with Crippen LogP contribution in [-0.2, 0) is 26.9 Å². The highest BCUT2D eigenvalue weighted by Gasteiger charge is 2.54. The Morgan fingerprint density at radius 1 is 1.11 bits per heavy atom. The molecule has 3 aliphatic rings. The summed E-state index contributed by atoms with van der Waals surface area (Å²) in [5.41, 5.74) is -1.23. The number of carbonyl (C=O) groups excluding carboxylic acids is 3. The van der Waals surface area contributed by atoms with Crippen molar-refractivity contribution in [2.45, 2.75) is 110 Å². The molecule has 1 aliphatic carbocycles. The molecule has 5 rings (SSSR count). The van der Waals surface area contributed by atoms with E-state index in [4.69, 9.17) is 9.47 Å². The van der Waals surface area contributed by atoms with Gasteiger partial charge in [0.1, 0.15) is 29.7 Å². The molecular formula is C32H41F3N4O5. The number of hydrogen-bond acceptors (Lipinski definition) is 7. The average Bonchev–Trinajstić information content (AvgIpc) is 3.43.